The van der Waals surface area contributed by atoms with Crippen molar-refractivity contribution in [1.29, 1.82) is 0 Å². The summed E-state index contributed by atoms with van der Waals surface area (Å²) in [5.41, 5.74) is 0.195. The summed E-state index contributed by atoms with van der Waals surface area (Å²) in [5.74, 6) is -0.404. The van der Waals surface area contributed by atoms with Crippen LogP contribution in [0.4, 0.5) is 5.69 Å². The fourth-order valence-electron chi connectivity index (χ4n) is 3.04. The number of rotatable bonds is 7. The van der Waals surface area contributed by atoms with Crippen LogP contribution in [-0.2, 0) is 9.53 Å². The molecule has 1 heterocycles. The van der Waals surface area contributed by atoms with Gasteiger partial charge in [0.1, 0.15) is 5.82 Å². The lowest BCUT2D eigenvalue weighted by Gasteiger charge is -2.13. The molecule has 0 bridgehead atoms. The van der Waals surface area contributed by atoms with E-state index in [-0.39, 0.29) is 22.9 Å². The summed E-state index contributed by atoms with van der Waals surface area (Å²) in [4.78, 5) is 40.1. The molecule has 11 heteroatoms. The highest BCUT2D eigenvalue weighted by atomic mass is 79.9. The molecule has 0 radical (unpaired) electrons. The molecule has 0 aliphatic heterocycles. The predicted molar refractivity (Wildman–Crippen MR) is 126 cm³/mol. The minimum Gasteiger partial charge on any atom is -0.472 e. The van der Waals surface area contributed by atoms with Crippen molar-refractivity contribution in [2.24, 2.45) is 5.10 Å². The van der Waals surface area contributed by atoms with E-state index in [9.17, 15) is 19.7 Å². The summed E-state index contributed by atoms with van der Waals surface area (Å²) >= 11 is 3.35. The van der Waals surface area contributed by atoms with Gasteiger partial charge in [-0.3, -0.25) is 14.9 Å². The standard InChI is InChI=1S/C22H21BrN4O6/c1-12(2)20-25-17-7-6-15(23)10-16(17)21(28)26(20)24-11-14-5-8-19(18(9-14)27(30)31)33-13(3)22(29)32-4/h5-13H,1-4H3/t13-/m1/s1. The number of esters is 1. The van der Waals surface area contributed by atoms with Crippen LogP contribution in [0.15, 0.2) is 50.8 Å². The molecule has 33 heavy (non-hydrogen) atoms. The van der Waals surface area contributed by atoms with Crippen molar-refractivity contribution in [2.75, 3.05) is 7.11 Å². The van der Waals surface area contributed by atoms with Gasteiger partial charge in [0.05, 0.1) is 29.2 Å². The fourth-order valence-corrected chi connectivity index (χ4v) is 3.40. The molecule has 1 aromatic heterocycles. The Morgan fingerprint density at radius 1 is 1.24 bits per heavy atom. The molecular weight excluding hydrogens is 496 g/mol. The topological polar surface area (TPSA) is 126 Å². The van der Waals surface area contributed by atoms with Crippen molar-refractivity contribution in [1.82, 2.24) is 9.66 Å². The predicted octanol–water partition coefficient (Wildman–Crippen LogP) is 4.01. The van der Waals surface area contributed by atoms with Crippen LogP contribution >= 0.6 is 15.9 Å². The number of nitro groups is 1. The van der Waals surface area contributed by atoms with E-state index in [0.29, 0.717) is 22.3 Å². The van der Waals surface area contributed by atoms with E-state index in [0.717, 1.165) is 4.47 Å². The molecule has 0 aliphatic rings. The molecule has 172 valence electrons. The lowest BCUT2D eigenvalue weighted by molar-refractivity contribution is -0.386. The number of carbonyl (C=O) groups excluding carboxylic acids is 1. The zero-order valence-electron chi connectivity index (χ0n) is 18.3. The SMILES string of the molecule is COC(=O)[C@@H](C)Oc1ccc(C=Nn2c(C(C)C)nc3ccc(Br)cc3c2=O)cc1[N+](=O)[O-]. The van der Waals surface area contributed by atoms with E-state index < -0.39 is 17.0 Å². The molecule has 0 aliphatic carbocycles. The first-order valence-electron chi connectivity index (χ1n) is 9.91. The van der Waals surface area contributed by atoms with Crippen molar-refractivity contribution in [2.45, 2.75) is 32.8 Å². The van der Waals surface area contributed by atoms with Crippen LogP contribution < -0.4 is 10.3 Å². The van der Waals surface area contributed by atoms with Crippen LogP contribution in [0.2, 0.25) is 0 Å². The number of methoxy groups -OCH3 is 1. The lowest BCUT2D eigenvalue weighted by atomic mass is 10.2. The second-order valence-corrected chi connectivity index (χ2v) is 8.33. The van der Waals surface area contributed by atoms with Crippen LogP contribution in [0.3, 0.4) is 0 Å². The highest BCUT2D eigenvalue weighted by Gasteiger charge is 2.22. The van der Waals surface area contributed by atoms with Gasteiger partial charge in [-0.1, -0.05) is 29.8 Å². The van der Waals surface area contributed by atoms with Crippen molar-refractivity contribution in [3.8, 4) is 5.75 Å². The molecule has 2 aromatic carbocycles. The molecule has 0 fully saturated rings. The molecule has 1 atom stereocenters. The summed E-state index contributed by atoms with van der Waals surface area (Å²) in [7, 11) is 1.20. The minimum absolute atomic E-state index is 0.0905. The molecule has 3 rings (SSSR count). The van der Waals surface area contributed by atoms with E-state index in [1.165, 1.54) is 43.1 Å². The number of hydrogen-bond donors (Lipinski definition) is 0. The smallest absolute Gasteiger partial charge is 0.346 e. The molecule has 0 N–H and O–H groups in total. The molecule has 0 unspecified atom stereocenters. The second-order valence-electron chi connectivity index (χ2n) is 7.42. The zero-order valence-corrected chi connectivity index (χ0v) is 19.9. The maximum Gasteiger partial charge on any atom is 0.346 e. The van der Waals surface area contributed by atoms with E-state index in [4.69, 9.17) is 4.74 Å². The largest absolute Gasteiger partial charge is 0.472 e. The van der Waals surface area contributed by atoms with Crippen LogP contribution in [0.5, 0.6) is 5.75 Å². The molecule has 0 amide bonds. The highest BCUT2D eigenvalue weighted by molar-refractivity contribution is 9.10. The Bertz CT molecular complexity index is 1320. The second kappa shape index (κ2) is 9.90. The number of halogens is 1. The summed E-state index contributed by atoms with van der Waals surface area (Å²) < 4.78 is 11.9. The molecular formula is C22H21BrN4O6. The Kier molecular flexibility index (Phi) is 7.22. The number of ether oxygens (including phenoxy) is 2. The van der Waals surface area contributed by atoms with Crippen molar-refractivity contribution < 1.29 is 19.2 Å². The number of fused-ring (bicyclic) bond motifs is 1. The Morgan fingerprint density at radius 3 is 2.61 bits per heavy atom. The fraction of sp³-hybridized carbons (Fsp3) is 0.273. The molecule has 0 saturated heterocycles. The number of aromatic nitrogens is 2. The molecule has 0 saturated carbocycles. The average molecular weight is 517 g/mol. The number of carbonyl (C=O) groups is 1. The van der Waals surface area contributed by atoms with Crippen LogP contribution in [-0.4, -0.2) is 40.0 Å². The van der Waals surface area contributed by atoms with E-state index in [1.807, 2.05) is 13.8 Å². The first kappa shape index (κ1) is 24.1. The first-order chi connectivity index (χ1) is 15.6. The highest BCUT2D eigenvalue weighted by Crippen LogP contribution is 2.28. The van der Waals surface area contributed by atoms with Gasteiger partial charge in [0.15, 0.2) is 11.9 Å². The monoisotopic (exact) mass is 516 g/mol. The summed E-state index contributed by atoms with van der Waals surface area (Å²) in [6.45, 7) is 5.20. The van der Waals surface area contributed by atoms with Gasteiger partial charge >= 0.3 is 11.7 Å². The quantitative estimate of drug-likeness (QED) is 0.201. The van der Waals surface area contributed by atoms with Gasteiger partial charge in [-0.05, 0) is 37.3 Å². The Morgan fingerprint density at radius 2 is 1.97 bits per heavy atom. The van der Waals surface area contributed by atoms with Crippen molar-refractivity contribution in [3.05, 3.63) is 72.7 Å². The summed E-state index contributed by atoms with van der Waals surface area (Å²) in [6, 6.07) is 9.35. The maximum atomic E-state index is 13.1. The van der Waals surface area contributed by atoms with Gasteiger partial charge in [-0.25, -0.2) is 9.78 Å². The third-order valence-corrected chi connectivity index (χ3v) is 5.18. The van der Waals surface area contributed by atoms with Gasteiger partial charge < -0.3 is 9.47 Å². The van der Waals surface area contributed by atoms with Crippen molar-refractivity contribution in [3.63, 3.8) is 0 Å². The van der Waals surface area contributed by atoms with Gasteiger partial charge in [0, 0.05) is 22.0 Å². The van der Waals surface area contributed by atoms with E-state index in [1.54, 1.807) is 18.2 Å². The lowest BCUT2D eigenvalue weighted by Crippen LogP contribution is -2.25. The maximum absolute atomic E-state index is 13.1. The van der Waals surface area contributed by atoms with Gasteiger partial charge in [0.25, 0.3) is 5.56 Å². The third-order valence-electron chi connectivity index (χ3n) is 4.69. The van der Waals surface area contributed by atoms with Gasteiger partial charge in [-0.15, -0.1) is 0 Å². The Hall–Kier alpha value is -3.60. The van der Waals surface area contributed by atoms with Crippen LogP contribution in [0.25, 0.3) is 10.9 Å². The van der Waals surface area contributed by atoms with Crippen LogP contribution in [0, 0.1) is 10.1 Å². The zero-order chi connectivity index (χ0) is 24.3. The van der Waals surface area contributed by atoms with Gasteiger partial charge in [0.2, 0.25) is 0 Å². The van der Waals surface area contributed by atoms with Gasteiger partial charge in [-0.2, -0.15) is 9.78 Å². The average Bonchev–Trinajstić information content (AvgIpc) is 2.78. The molecule has 3 aromatic rings. The number of nitro benzene ring substituents is 1. The molecule has 10 nitrogen and oxygen atoms in total. The number of nitrogens with zero attached hydrogens (tertiary/aromatic N) is 4. The third kappa shape index (κ3) is 5.25. The summed E-state index contributed by atoms with van der Waals surface area (Å²) in [5, 5.41) is 16.2. The van der Waals surface area contributed by atoms with E-state index in [2.05, 4.69) is 30.8 Å². The number of benzene rings is 2. The minimum atomic E-state index is -1.02. The molecule has 0 spiro atoms. The Balaban J connectivity index is 2.04. The first-order valence-corrected chi connectivity index (χ1v) is 10.7. The normalized spacial score (nSPS) is 12.3. The van der Waals surface area contributed by atoms with Crippen molar-refractivity contribution >= 4 is 44.7 Å². The van der Waals surface area contributed by atoms with E-state index >= 15 is 0 Å². The van der Waals surface area contributed by atoms with Crippen LogP contribution in [0.1, 0.15) is 38.1 Å². The number of hydrogen-bond acceptors (Lipinski definition) is 8. The Labute approximate surface area is 197 Å². The summed E-state index contributed by atoms with van der Waals surface area (Å²) in [6.07, 6.45) is 0.308.